The number of hydrogen-bond donors (Lipinski definition) is 2. The molecular weight excluding hydrogens is 191 g/mol. The smallest absolute Gasteiger partial charge is 0.461 e. The van der Waals surface area contributed by atoms with Crippen molar-refractivity contribution in [3.05, 3.63) is 42.2 Å². The van der Waals surface area contributed by atoms with Crippen LogP contribution in [0.2, 0.25) is 0 Å². The van der Waals surface area contributed by atoms with Crippen molar-refractivity contribution in [3.63, 3.8) is 0 Å². The van der Waals surface area contributed by atoms with E-state index < -0.39 is 7.12 Å². The SMILES string of the molecule is Cc1ccc(-c2ccc(B(O)O)cc2)o1. The highest BCUT2D eigenvalue weighted by Gasteiger charge is 2.10. The maximum Gasteiger partial charge on any atom is 0.488 e. The Morgan fingerprint density at radius 2 is 1.67 bits per heavy atom. The molecule has 2 rings (SSSR count). The summed E-state index contributed by atoms with van der Waals surface area (Å²) in [5.74, 6) is 1.64. The summed E-state index contributed by atoms with van der Waals surface area (Å²) in [4.78, 5) is 0. The largest absolute Gasteiger partial charge is 0.488 e. The Hall–Kier alpha value is -1.52. The Bertz CT molecular complexity index is 445. The quantitative estimate of drug-likeness (QED) is 0.712. The van der Waals surface area contributed by atoms with E-state index in [2.05, 4.69) is 0 Å². The summed E-state index contributed by atoms with van der Waals surface area (Å²) in [6.45, 7) is 1.88. The van der Waals surface area contributed by atoms with Crippen molar-refractivity contribution in [2.24, 2.45) is 0 Å². The first-order valence-electron chi connectivity index (χ1n) is 4.70. The summed E-state index contributed by atoms with van der Waals surface area (Å²) < 4.78 is 5.44. The molecule has 1 aromatic carbocycles. The second kappa shape index (κ2) is 3.92. The van der Waals surface area contributed by atoms with Gasteiger partial charge in [0.25, 0.3) is 0 Å². The zero-order chi connectivity index (χ0) is 10.8. The van der Waals surface area contributed by atoms with Gasteiger partial charge in [-0.15, -0.1) is 0 Å². The topological polar surface area (TPSA) is 53.6 Å². The molecule has 0 bridgehead atoms. The van der Waals surface area contributed by atoms with Gasteiger partial charge in [-0.1, -0.05) is 24.3 Å². The molecule has 0 saturated carbocycles. The van der Waals surface area contributed by atoms with Crippen molar-refractivity contribution in [2.45, 2.75) is 6.92 Å². The molecule has 3 nitrogen and oxygen atoms in total. The molecular formula is C11H11BO3. The van der Waals surface area contributed by atoms with Gasteiger partial charge < -0.3 is 14.5 Å². The molecule has 0 radical (unpaired) electrons. The summed E-state index contributed by atoms with van der Waals surface area (Å²) in [6, 6.07) is 10.7. The van der Waals surface area contributed by atoms with Gasteiger partial charge in [0, 0.05) is 5.56 Å². The zero-order valence-corrected chi connectivity index (χ0v) is 8.34. The maximum absolute atomic E-state index is 8.92. The molecule has 0 atom stereocenters. The van der Waals surface area contributed by atoms with Crippen molar-refractivity contribution < 1.29 is 14.5 Å². The Morgan fingerprint density at radius 3 is 2.13 bits per heavy atom. The average molecular weight is 202 g/mol. The molecule has 0 saturated heterocycles. The van der Waals surface area contributed by atoms with Crippen LogP contribution in [-0.4, -0.2) is 17.2 Å². The Morgan fingerprint density at radius 1 is 1.00 bits per heavy atom. The molecule has 0 aliphatic heterocycles. The van der Waals surface area contributed by atoms with Crippen molar-refractivity contribution >= 4 is 12.6 Å². The van der Waals surface area contributed by atoms with E-state index in [1.165, 1.54) is 0 Å². The zero-order valence-electron chi connectivity index (χ0n) is 8.34. The Balaban J connectivity index is 2.31. The van der Waals surface area contributed by atoms with Crippen LogP contribution in [0.1, 0.15) is 5.76 Å². The highest BCUT2D eigenvalue weighted by molar-refractivity contribution is 6.58. The van der Waals surface area contributed by atoms with E-state index in [1.54, 1.807) is 24.3 Å². The molecule has 0 spiro atoms. The minimum Gasteiger partial charge on any atom is -0.461 e. The fourth-order valence-corrected chi connectivity index (χ4v) is 1.41. The predicted octanol–water partition coefficient (Wildman–Crippen LogP) is 0.935. The van der Waals surface area contributed by atoms with Crippen LogP contribution < -0.4 is 5.46 Å². The first kappa shape index (κ1) is 10.0. The summed E-state index contributed by atoms with van der Waals surface area (Å²) >= 11 is 0. The summed E-state index contributed by atoms with van der Waals surface area (Å²) in [5, 5.41) is 17.8. The van der Waals surface area contributed by atoms with Crippen LogP contribution in [0.5, 0.6) is 0 Å². The molecule has 2 aromatic rings. The highest BCUT2D eigenvalue weighted by atomic mass is 16.4. The molecule has 0 amide bonds. The van der Waals surface area contributed by atoms with Crippen LogP contribution >= 0.6 is 0 Å². The number of hydrogen-bond acceptors (Lipinski definition) is 3. The van der Waals surface area contributed by atoms with Gasteiger partial charge in [0.15, 0.2) is 0 Å². The Kier molecular flexibility index (Phi) is 2.62. The van der Waals surface area contributed by atoms with E-state index in [4.69, 9.17) is 14.5 Å². The molecule has 2 N–H and O–H groups in total. The van der Waals surface area contributed by atoms with Crippen molar-refractivity contribution in [3.8, 4) is 11.3 Å². The number of aryl methyl sites for hydroxylation is 1. The van der Waals surface area contributed by atoms with Crippen LogP contribution in [0.25, 0.3) is 11.3 Å². The number of benzene rings is 1. The van der Waals surface area contributed by atoms with E-state index in [9.17, 15) is 0 Å². The maximum atomic E-state index is 8.92. The van der Waals surface area contributed by atoms with E-state index in [-0.39, 0.29) is 0 Å². The van der Waals surface area contributed by atoms with Crippen molar-refractivity contribution in [1.82, 2.24) is 0 Å². The predicted molar refractivity (Wildman–Crippen MR) is 58.7 cm³/mol. The Labute approximate surface area is 88.1 Å². The second-order valence-corrected chi connectivity index (χ2v) is 3.41. The molecule has 0 unspecified atom stereocenters. The molecule has 0 fully saturated rings. The van der Waals surface area contributed by atoms with Crippen molar-refractivity contribution in [2.75, 3.05) is 0 Å². The lowest BCUT2D eigenvalue weighted by atomic mass is 9.80. The number of furan rings is 1. The first-order chi connectivity index (χ1) is 7.16. The summed E-state index contributed by atoms with van der Waals surface area (Å²) in [5.41, 5.74) is 1.40. The van der Waals surface area contributed by atoms with E-state index in [0.717, 1.165) is 17.1 Å². The van der Waals surface area contributed by atoms with E-state index >= 15 is 0 Å². The molecule has 0 aliphatic rings. The second-order valence-electron chi connectivity index (χ2n) is 3.41. The van der Waals surface area contributed by atoms with Gasteiger partial charge in [-0.3, -0.25) is 0 Å². The third kappa shape index (κ3) is 2.11. The third-order valence-electron chi connectivity index (χ3n) is 2.23. The fourth-order valence-electron chi connectivity index (χ4n) is 1.41. The van der Waals surface area contributed by atoms with Crippen LogP contribution in [0, 0.1) is 6.92 Å². The normalized spacial score (nSPS) is 10.3. The minimum absolute atomic E-state index is 0.474. The summed E-state index contributed by atoms with van der Waals surface area (Å²) in [6.07, 6.45) is 0. The van der Waals surface area contributed by atoms with Crippen LogP contribution in [-0.2, 0) is 0 Å². The van der Waals surface area contributed by atoms with Crippen molar-refractivity contribution in [1.29, 1.82) is 0 Å². The van der Waals surface area contributed by atoms with Gasteiger partial charge in [-0.05, 0) is 24.5 Å². The lowest BCUT2D eigenvalue weighted by molar-refractivity contribution is 0.426. The average Bonchev–Trinajstić information content (AvgIpc) is 2.65. The molecule has 1 heterocycles. The van der Waals surface area contributed by atoms with Gasteiger partial charge in [0.2, 0.25) is 0 Å². The number of rotatable bonds is 2. The summed E-state index contributed by atoms with van der Waals surface area (Å²) in [7, 11) is -1.42. The van der Waals surface area contributed by atoms with Gasteiger partial charge in [0.1, 0.15) is 11.5 Å². The lowest BCUT2D eigenvalue weighted by Gasteiger charge is -2.00. The first-order valence-corrected chi connectivity index (χ1v) is 4.70. The molecule has 1 aromatic heterocycles. The third-order valence-corrected chi connectivity index (χ3v) is 2.23. The highest BCUT2D eigenvalue weighted by Crippen LogP contribution is 2.20. The van der Waals surface area contributed by atoms with Crippen LogP contribution in [0.4, 0.5) is 0 Å². The molecule has 4 heteroatoms. The van der Waals surface area contributed by atoms with Gasteiger partial charge in [0.05, 0.1) is 0 Å². The fraction of sp³-hybridized carbons (Fsp3) is 0.0909. The monoisotopic (exact) mass is 202 g/mol. The van der Waals surface area contributed by atoms with Gasteiger partial charge in [-0.25, -0.2) is 0 Å². The lowest BCUT2D eigenvalue weighted by Crippen LogP contribution is -2.29. The van der Waals surface area contributed by atoms with E-state index in [0.29, 0.717) is 5.46 Å². The van der Waals surface area contributed by atoms with Crippen LogP contribution in [0.3, 0.4) is 0 Å². The minimum atomic E-state index is -1.42. The molecule has 15 heavy (non-hydrogen) atoms. The molecule has 76 valence electrons. The standard InChI is InChI=1S/C11H11BO3/c1-8-2-7-11(15-8)9-3-5-10(6-4-9)12(13)14/h2-7,13-14H,1H3. The molecule has 0 aliphatic carbocycles. The van der Waals surface area contributed by atoms with E-state index in [1.807, 2.05) is 19.1 Å². The van der Waals surface area contributed by atoms with Gasteiger partial charge >= 0.3 is 7.12 Å². The van der Waals surface area contributed by atoms with Gasteiger partial charge in [-0.2, -0.15) is 0 Å². The van der Waals surface area contributed by atoms with Crippen LogP contribution in [0.15, 0.2) is 40.8 Å².